The predicted molar refractivity (Wildman–Crippen MR) is 145 cm³/mol. The molecule has 1 heterocycles. The Bertz CT molecular complexity index is 1090. The van der Waals surface area contributed by atoms with Gasteiger partial charge in [-0.1, -0.05) is 121 Å². The van der Waals surface area contributed by atoms with Crippen molar-refractivity contribution in [1.29, 1.82) is 0 Å². The van der Waals surface area contributed by atoms with Crippen LogP contribution in [0.4, 0.5) is 0 Å². The molecule has 0 unspecified atom stereocenters. The van der Waals surface area contributed by atoms with Gasteiger partial charge in [0, 0.05) is 12.8 Å². The highest BCUT2D eigenvalue weighted by Crippen LogP contribution is 2.41. The van der Waals surface area contributed by atoms with Crippen molar-refractivity contribution < 1.29 is 18.9 Å². The molecule has 0 atom stereocenters. The number of rotatable bonds is 12. The van der Waals surface area contributed by atoms with Gasteiger partial charge in [0.2, 0.25) is 0 Å². The molecule has 0 spiro atoms. The highest BCUT2D eigenvalue weighted by molar-refractivity contribution is 5.47. The lowest BCUT2D eigenvalue weighted by atomic mass is 9.80. The number of hydrogen-bond donors (Lipinski definition) is 0. The quantitative estimate of drug-likeness (QED) is 0.162. The molecule has 0 aliphatic carbocycles. The predicted octanol–water partition coefficient (Wildman–Crippen LogP) is 6.74. The summed E-state index contributed by atoms with van der Waals surface area (Å²) in [5.74, 6) is -0.702. The zero-order chi connectivity index (χ0) is 25.2. The summed E-state index contributed by atoms with van der Waals surface area (Å²) in [6, 6.07) is 41.5. The van der Waals surface area contributed by atoms with Crippen molar-refractivity contribution in [3.63, 3.8) is 0 Å². The average molecular weight is 495 g/mol. The number of benzene rings is 4. The maximum absolute atomic E-state index is 6.95. The van der Waals surface area contributed by atoms with E-state index in [4.69, 9.17) is 18.9 Å². The van der Waals surface area contributed by atoms with Gasteiger partial charge in [0.05, 0.1) is 33.0 Å². The Kier molecular flexibility index (Phi) is 8.44. The molecule has 4 heteroatoms. The highest BCUT2D eigenvalue weighted by atomic mass is 16.7. The SMILES string of the molecule is c1ccc(COCCC2(CCOC(c3ccccc3)(c3ccccc3)c3ccccc3)OCCO2)cc1. The second-order valence-electron chi connectivity index (χ2n) is 9.27. The van der Waals surface area contributed by atoms with Gasteiger partial charge in [0.25, 0.3) is 0 Å². The fraction of sp³-hybridized carbons (Fsp3) is 0.273. The Hall–Kier alpha value is -3.28. The van der Waals surface area contributed by atoms with Crippen molar-refractivity contribution in [1.82, 2.24) is 0 Å². The lowest BCUT2D eigenvalue weighted by molar-refractivity contribution is -0.187. The molecule has 1 saturated heterocycles. The summed E-state index contributed by atoms with van der Waals surface area (Å²) in [5.41, 5.74) is 3.65. The molecule has 1 aliphatic heterocycles. The minimum absolute atomic E-state index is 0.456. The van der Waals surface area contributed by atoms with Gasteiger partial charge in [-0.2, -0.15) is 0 Å². The molecule has 0 N–H and O–H groups in total. The van der Waals surface area contributed by atoms with Gasteiger partial charge in [-0.15, -0.1) is 0 Å². The van der Waals surface area contributed by atoms with E-state index in [1.165, 1.54) is 0 Å². The molecule has 4 aromatic rings. The first kappa shape index (κ1) is 25.4. The van der Waals surface area contributed by atoms with Crippen LogP contribution in [0, 0.1) is 0 Å². The van der Waals surface area contributed by atoms with E-state index >= 15 is 0 Å². The Labute approximate surface area is 219 Å². The van der Waals surface area contributed by atoms with Crippen LogP contribution in [-0.2, 0) is 31.2 Å². The molecule has 1 fully saturated rings. The molecule has 1 aliphatic rings. The van der Waals surface area contributed by atoms with E-state index in [0.29, 0.717) is 45.9 Å². The van der Waals surface area contributed by atoms with Crippen molar-refractivity contribution in [3.8, 4) is 0 Å². The molecule has 0 saturated carbocycles. The summed E-state index contributed by atoms with van der Waals surface area (Å²) in [4.78, 5) is 0. The monoisotopic (exact) mass is 494 g/mol. The first-order chi connectivity index (χ1) is 18.3. The Morgan fingerprint density at radius 3 is 1.49 bits per heavy atom. The summed E-state index contributed by atoms with van der Waals surface area (Å²) in [6.45, 7) is 2.75. The van der Waals surface area contributed by atoms with Crippen LogP contribution in [0.15, 0.2) is 121 Å². The lowest BCUT2D eigenvalue weighted by Gasteiger charge is -2.37. The topological polar surface area (TPSA) is 36.9 Å². The average Bonchev–Trinajstić information content (AvgIpc) is 3.44. The van der Waals surface area contributed by atoms with Gasteiger partial charge in [0.1, 0.15) is 5.60 Å². The van der Waals surface area contributed by atoms with Crippen LogP contribution in [0.5, 0.6) is 0 Å². The maximum atomic E-state index is 6.95. The van der Waals surface area contributed by atoms with Crippen LogP contribution in [0.3, 0.4) is 0 Å². The number of ether oxygens (including phenoxy) is 4. The van der Waals surface area contributed by atoms with Crippen molar-refractivity contribution in [2.45, 2.75) is 30.8 Å². The third-order valence-electron chi connectivity index (χ3n) is 6.89. The molecule has 37 heavy (non-hydrogen) atoms. The van der Waals surface area contributed by atoms with E-state index in [1.807, 2.05) is 36.4 Å². The van der Waals surface area contributed by atoms with E-state index in [2.05, 4.69) is 84.9 Å². The molecule has 5 rings (SSSR count). The summed E-state index contributed by atoms with van der Waals surface area (Å²) in [7, 11) is 0. The minimum atomic E-state index is -0.757. The largest absolute Gasteiger partial charge is 0.377 e. The van der Waals surface area contributed by atoms with Gasteiger partial charge in [-0.3, -0.25) is 0 Å². The molecular weight excluding hydrogens is 460 g/mol. The molecular formula is C33H34O4. The molecule has 0 amide bonds. The third kappa shape index (κ3) is 6.00. The van der Waals surface area contributed by atoms with Crippen molar-refractivity contribution in [2.24, 2.45) is 0 Å². The van der Waals surface area contributed by atoms with Crippen molar-refractivity contribution >= 4 is 0 Å². The molecule has 4 nitrogen and oxygen atoms in total. The van der Waals surface area contributed by atoms with E-state index in [1.54, 1.807) is 0 Å². The Balaban J connectivity index is 1.35. The lowest BCUT2D eigenvalue weighted by Crippen LogP contribution is -2.37. The summed E-state index contributed by atoms with van der Waals surface area (Å²) in [5, 5.41) is 0. The van der Waals surface area contributed by atoms with Gasteiger partial charge in [0.15, 0.2) is 5.79 Å². The van der Waals surface area contributed by atoms with Crippen LogP contribution in [-0.4, -0.2) is 32.2 Å². The van der Waals surface area contributed by atoms with Crippen LogP contribution < -0.4 is 0 Å². The minimum Gasteiger partial charge on any atom is -0.377 e. The van der Waals surface area contributed by atoms with Gasteiger partial charge in [-0.25, -0.2) is 0 Å². The second-order valence-corrected chi connectivity index (χ2v) is 9.27. The summed E-state index contributed by atoms with van der Waals surface area (Å²) < 4.78 is 25.2. The van der Waals surface area contributed by atoms with Crippen molar-refractivity contribution in [3.05, 3.63) is 144 Å². The zero-order valence-corrected chi connectivity index (χ0v) is 21.1. The first-order valence-corrected chi connectivity index (χ1v) is 13.0. The number of hydrogen-bond acceptors (Lipinski definition) is 4. The maximum Gasteiger partial charge on any atom is 0.172 e. The van der Waals surface area contributed by atoms with Crippen molar-refractivity contribution in [2.75, 3.05) is 26.4 Å². The molecule has 0 radical (unpaired) electrons. The third-order valence-corrected chi connectivity index (χ3v) is 6.89. The van der Waals surface area contributed by atoms with E-state index < -0.39 is 11.4 Å². The second kappa shape index (κ2) is 12.3. The Morgan fingerprint density at radius 2 is 1.00 bits per heavy atom. The van der Waals surface area contributed by atoms with Crippen LogP contribution in [0.1, 0.15) is 35.1 Å². The standard InChI is InChI=1S/C33H34O4/c1-5-13-28(14-6-1)27-34-23-21-32(35-25-26-36-32)22-24-37-33(29-15-7-2-8-16-29,30-17-9-3-10-18-30)31-19-11-4-12-20-31/h1-20H,21-27H2. The van der Waals surface area contributed by atoms with Crippen LogP contribution >= 0.6 is 0 Å². The summed E-state index contributed by atoms with van der Waals surface area (Å²) >= 11 is 0. The zero-order valence-electron chi connectivity index (χ0n) is 21.1. The van der Waals surface area contributed by atoms with E-state index in [0.717, 1.165) is 22.3 Å². The fourth-order valence-electron chi connectivity index (χ4n) is 5.03. The van der Waals surface area contributed by atoms with E-state index in [9.17, 15) is 0 Å². The van der Waals surface area contributed by atoms with Crippen LogP contribution in [0.25, 0.3) is 0 Å². The smallest absolute Gasteiger partial charge is 0.172 e. The molecule has 0 bridgehead atoms. The van der Waals surface area contributed by atoms with Gasteiger partial charge < -0.3 is 18.9 Å². The molecule has 190 valence electrons. The normalized spacial score (nSPS) is 15.0. The Morgan fingerprint density at radius 1 is 0.568 bits per heavy atom. The summed E-state index contributed by atoms with van der Waals surface area (Å²) in [6.07, 6.45) is 1.26. The van der Waals surface area contributed by atoms with Gasteiger partial charge >= 0.3 is 0 Å². The fourth-order valence-corrected chi connectivity index (χ4v) is 5.03. The van der Waals surface area contributed by atoms with Crippen LogP contribution in [0.2, 0.25) is 0 Å². The first-order valence-electron chi connectivity index (χ1n) is 13.0. The highest BCUT2D eigenvalue weighted by Gasteiger charge is 2.40. The molecule has 0 aromatic heterocycles. The molecule has 4 aromatic carbocycles. The van der Waals surface area contributed by atoms with Gasteiger partial charge in [-0.05, 0) is 22.3 Å². The van der Waals surface area contributed by atoms with E-state index in [-0.39, 0.29) is 0 Å².